The van der Waals surface area contributed by atoms with E-state index in [2.05, 4.69) is 12.2 Å². The zero-order chi connectivity index (χ0) is 10.8. The minimum atomic E-state index is 0.0827. The van der Waals surface area contributed by atoms with Crippen LogP contribution in [0.1, 0.15) is 39.0 Å². The van der Waals surface area contributed by atoms with Crippen LogP contribution in [-0.2, 0) is 4.79 Å². The fourth-order valence-electron chi connectivity index (χ4n) is 2.50. The first-order valence-electron chi connectivity index (χ1n) is 6.18. The summed E-state index contributed by atoms with van der Waals surface area (Å²) in [6.07, 6.45) is 5.90. The molecule has 0 aromatic heterocycles. The van der Waals surface area contributed by atoms with Crippen molar-refractivity contribution in [1.29, 1.82) is 0 Å². The van der Waals surface area contributed by atoms with Crippen molar-refractivity contribution in [1.82, 2.24) is 10.2 Å². The Morgan fingerprint density at radius 3 is 2.60 bits per heavy atom. The predicted molar refractivity (Wildman–Crippen MR) is 60.6 cm³/mol. The van der Waals surface area contributed by atoms with Crippen molar-refractivity contribution in [2.75, 3.05) is 13.6 Å². The summed E-state index contributed by atoms with van der Waals surface area (Å²) in [5.74, 6) is 1.00. The summed E-state index contributed by atoms with van der Waals surface area (Å²) in [6.45, 7) is 3.24. The van der Waals surface area contributed by atoms with Crippen LogP contribution in [0.3, 0.4) is 0 Å². The van der Waals surface area contributed by atoms with Gasteiger partial charge in [0.2, 0.25) is 5.91 Å². The van der Waals surface area contributed by atoms with E-state index in [9.17, 15) is 4.79 Å². The number of carbonyl (C=O) groups is 1. The molecule has 2 unspecified atom stereocenters. The molecule has 0 aromatic carbocycles. The van der Waals surface area contributed by atoms with Gasteiger partial charge in [-0.2, -0.15) is 0 Å². The Hall–Kier alpha value is -0.570. The molecule has 1 amide bonds. The third-order valence-electron chi connectivity index (χ3n) is 3.93. The highest BCUT2D eigenvalue weighted by Crippen LogP contribution is 2.25. The summed E-state index contributed by atoms with van der Waals surface area (Å²) < 4.78 is 0. The molecule has 3 heteroatoms. The number of amides is 1. The molecular formula is C12H22N2O. The first-order chi connectivity index (χ1) is 7.18. The zero-order valence-electron chi connectivity index (χ0n) is 9.83. The van der Waals surface area contributed by atoms with Crippen LogP contribution in [0.25, 0.3) is 0 Å². The summed E-state index contributed by atoms with van der Waals surface area (Å²) in [7, 11) is 1.97. The molecular weight excluding hydrogens is 188 g/mol. The Balaban J connectivity index is 1.88. The van der Waals surface area contributed by atoms with Crippen LogP contribution in [0.4, 0.5) is 0 Å². The lowest BCUT2D eigenvalue weighted by Crippen LogP contribution is -2.52. The predicted octanol–water partition coefficient (Wildman–Crippen LogP) is 1.39. The topological polar surface area (TPSA) is 32.3 Å². The molecule has 1 saturated heterocycles. The quantitative estimate of drug-likeness (QED) is 0.747. The Bertz CT molecular complexity index is 238. The summed E-state index contributed by atoms with van der Waals surface area (Å²) in [4.78, 5) is 14.1. The minimum Gasteiger partial charge on any atom is -0.341 e. The smallest absolute Gasteiger partial charge is 0.239 e. The van der Waals surface area contributed by atoms with Gasteiger partial charge in [0.05, 0.1) is 6.04 Å². The second-order valence-corrected chi connectivity index (χ2v) is 5.17. The molecule has 2 rings (SSSR count). The lowest BCUT2D eigenvalue weighted by molar-refractivity contribution is -0.136. The van der Waals surface area contributed by atoms with Gasteiger partial charge < -0.3 is 10.2 Å². The Labute approximate surface area is 92.2 Å². The maximum Gasteiger partial charge on any atom is 0.239 e. The molecule has 1 heterocycles. The van der Waals surface area contributed by atoms with Gasteiger partial charge in [0.15, 0.2) is 0 Å². The SMILES string of the molecule is CC1CCNC(C(=O)N(C)C2CCC2)C1. The van der Waals surface area contributed by atoms with Gasteiger partial charge in [-0.1, -0.05) is 6.92 Å². The molecule has 1 aliphatic heterocycles. The lowest BCUT2D eigenvalue weighted by Gasteiger charge is -2.38. The number of nitrogens with one attached hydrogen (secondary N) is 1. The van der Waals surface area contributed by atoms with Crippen LogP contribution in [0.15, 0.2) is 0 Å². The van der Waals surface area contributed by atoms with Gasteiger partial charge in [-0.15, -0.1) is 0 Å². The summed E-state index contributed by atoms with van der Waals surface area (Å²) in [5.41, 5.74) is 0. The van der Waals surface area contributed by atoms with Gasteiger partial charge in [-0.05, 0) is 44.6 Å². The molecule has 1 N–H and O–H groups in total. The third-order valence-corrected chi connectivity index (χ3v) is 3.93. The third kappa shape index (κ3) is 2.33. The molecule has 1 saturated carbocycles. The number of rotatable bonds is 2. The van der Waals surface area contributed by atoms with E-state index >= 15 is 0 Å². The van der Waals surface area contributed by atoms with Crippen LogP contribution in [0.2, 0.25) is 0 Å². The first-order valence-corrected chi connectivity index (χ1v) is 6.18. The standard InChI is InChI=1S/C12H22N2O/c1-9-6-7-13-11(8-9)12(15)14(2)10-4-3-5-10/h9-11,13H,3-8H2,1-2H3. The molecule has 3 nitrogen and oxygen atoms in total. The summed E-state index contributed by atoms with van der Waals surface area (Å²) in [5, 5.41) is 3.34. The van der Waals surface area contributed by atoms with E-state index in [1.54, 1.807) is 0 Å². The van der Waals surface area contributed by atoms with E-state index in [4.69, 9.17) is 0 Å². The summed E-state index contributed by atoms with van der Waals surface area (Å²) in [6, 6.07) is 0.607. The van der Waals surface area contributed by atoms with Crippen LogP contribution in [-0.4, -0.2) is 36.5 Å². The lowest BCUT2D eigenvalue weighted by atomic mass is 9.89. The fourth-order valence-corrected chi connectivity index (χ4v) is 2.50. The van der Waals surface area contributed by atoms with Crippen LogP contribution in [0.5, 0.6) is 0 Å². The van der Waals surface area contributed by atoms with Crippen molar-refractivity contribution in [3.8, 4) is 0 Å². The number of hydrogen-bond acceptors (Lipinski definition) is 2. The molecule has 0 spiro atoms. The fraction of sp³-hybridized carbons (Fsp3) is 0.917. The van der Waals surface area contributed by atoms with Crippen molar-refractivity contribution in [2.24, 2.45) is 5.92 Å². The average Bonchev–Trinajstić information content (AvgIpc) is 2.14. The van der Waals surface area contributed by atoms with Crippen LogP contribution < -0.4 is 5.32 Å². The van der Waals surface area contributed by atoms with Crippen LogP contribution >= 0.6 is 0 Å². The molecule has 2 aliphatic rings. The number of hydrogen-bond donors (Lipinski definition) is 1. The first kappa shape index (κ1) is 10.9. The van der Waals surface area contributed by atoms with Crippen LogP contribution in [0, 0.1) is 5.92 Å². The molecule has 2 atom stereocenters. The van der Waals surface area contributed by atoms with Gasteiger partial charge in [-0.3, -0.25) is 4.79 Å². The van der Waals surface area contributed by atoms with Crippen molar-refractivity contribution < 1.29 is 4.79 Å². The Kier molecular flexibility index (Phi) is 3.29. The van der Waals surface area contributed by atoms with E-state index in [-0.39, 0.29) is 6.04 Å². The van der Waals surface area contributed by atoms with E-state index in [0.29, 0.717) is 17.9 Å². The highest BCUT2D eigenvalue weighted by atomic mass is 16.2. The number of carbonyl (C=O) groups excluding carboxylic acids is 1. The van der Waals surface area contributed by atoms with Crippen molar-refractivity contribution in [3.05, 3.63) is 0 Å². The normalized spacial score (nSPS) is 32.1. The van der Waals surface area contributed by atoms with E-state index in [0.717, 1.165) is 13.0 Å². The van der Waals surface area contributed by atoms with Crippen molar-refractivity contribution in [2.45, 2.75) is 51.1 Å². The second-order valence-electron chi connectivity index (χ2n) is 5.17. The van der Waals surface area contributed by atoms with Crippen molar-refractivity contribution >= 4 is 5.91 Å². The molecule has 0 bridgehead atoms. The van der Waals surface area contributed by atoms with E-state index in [1.165, 1.54) is 25.7 Å². The molecule has 1 aliphatic carbocycles. The Morgan fingerprint density at radius 2 is 2.07 bits per heavy atom. The molecule has 0 radical (unpaired) electrons. The number of piperidine rings is 1. The average molecular weight is 210 g/mol. The van der Waals surface area contributed by atoms with Gasteiger partial charge in [0.25, 0.3) is 0 Å². The van der Waals surface area contributed by atoms with Gasteiger partial charge in [0, 0.05) is 13.1 Å². The largest absolute Gasteiger partial charge is 0.341 e. The zero-order valence-corrected chi connectivity index (χ0v) is 9.83. The Morgan fingerprint density at radius 1 is 1.33 bits per heavy atom. The van der Waals surface area contributed by atoms with E-state index in [1.807, 2.05) is 11.9 Å². The van der Waals surface area contributed by atoms with E-state index < -0.39 is 0 Å². The van der Waals surface area contributed by atoms with Gasteiger partial charge in [0.1, 0.15) is 0 Å². The molecule has 2 fully saturated rings. The highest BCUT2D eigenvalue weighted by molar-refractivity contribution is 5.82. The van der Waals surface area contributed by atoms with Gasteiger partial charge >= 0.3 is 0 Å². The maximum absolute atomic E-state index is 12.1. The maximum atomic E-state index is 12.1. The number of likely N-dealkylation sites (N-methyl/N-ethyl adjacent to an activating group) is 1. The molecule has 86 valence electrons. The van der Waals surface area contributed by atoms with Gasteiger partial charge in [-0.25, -0.2) is 0 Å². The monoisotopic (exact) mass is 210 g/mol. The summed E-state index contributed by atoms with van der Waals surface area (Å²) >= 11 is 0. The molecule has 15 heavy (non-hydrogen) atoms. The van der Waals surface area contributed by atoms with Crippen molar-refractivity contribution in [3.63, 3.8) is 0 Å². The molecule has 0 aromatic rings. The highest BCUT2D eigenvalue weighted by Gasteiger charge is 2.32. The minimum absolute atomic E-state index is 0.0827. The number of nitrogens with zero attached hydrogens (tertiary/aromatic N) is 1. The second kappa shape index (κ2) is 4.52.